The van der Waals surface area contributed by atoms with Crippen LogP contribution in [0.15, 0.2) is 0 Å². The molecule has 19 heavy (non-hydrogen) atoms. The van der Waals surface area contributed by atoms with E-state index in [4.69, 9.17) is 5.73 Å². The molecule has 1 rings (SSSR count). The van der Waals surface area contributed by atoms with Gasteiger partial charge >= 0.3 is 0 Å². The lowest BCUT2D eigenvalue weighted by molar-refractivity contribution is -0.149. The predicted octanol–water partition coefficient (Wildman–Crippen LogP) is 0.880. The average Bonchev–Trinajstić information content (AvgIpc) is 2.35. The van der Waals surface area contributed by atoms with Gasteiger partial charge in [0.05, 0.1) is 12.0 Å². The van der Waals surface area contributed by atoms with E-state index in [1.165, 1.54) is 0 Å². The molecule has 1 aliphatic carbocycles. The zero-order chi connectivity index (χ0) is 14.3. The first kappa shape index (κ1) is 16.0. The molecule has 0 aromatic heterocycles. The molecule has 0 heterocycles. The van der Waals surface area contributed by atoms with Gasteiger partial charge in [-0.1, -0.05) is 20.3 Å². The highest BCUT2D eigenvalue weighted by molar-refractivity contribution is 5.88. The van der Waals surface area contributed by atoms with Gasteiger partial charge in [-0.25, -0.2) is 0 Å². The summed E-state index contributed by atoms with van der Waals surface area (Å²) in [4.78, 5) is 26.0. The maximum absolute atomic E-state index is 12.5. The normalized spacial score (nSPS) is 16.6. The summed E-state index contributed by atoms with van der Waals surface area (Å²) in [5, 5.41) is 2.82. The van der Waals surface area contributed by atoms with E-state index in [2.05, 4.69) is 5.32 Å². The number of nitrogens with zero attached hydrogens (tertiary/aromatic N) is 1. The summed E-state index contributed by atoms with van der Waals surface area (Å²) in [7, 11) is 0. The van der Waals surface area contributed by atoms with Crippen LogP contribution in [0.25, 0.3) is 0 Å². The molecule has 1 saturated carbocycles. The Bertz CT molecular complexity index is 308. The van der Waals surface area contributed by atoms with Crippen molar-refractivity contribution in [3.63, 3.8) is 0 Å². The van der Waals surface area contributed by atoms with Gasteiger partial charge in [-0.15, -0.1) is 0 Å². The fourth-order valence-electron chi connectivity index (χ4n) is 2.46. The third kappa shape index (κ3) is 3.93. The molecule has 0 unspecified atom stereocenters. The number of carbonyl (C=O) groups is 2. The number of carbonyl (C=O) groups excluding carboxylic acids is 2. The third-order valence-corrected chi connectivity index (χ3v) is 3.84. The van der Waals surface area contributed by atoms with E-state index in [0.29, 0.717) is 19.6 Å². The minimum atomic E-state index is -0.389. The lowest BCUT2D eigenvalue weighted by Crippen LogP contribution is -2.54. The molecule has 0 spiro atoms. The van der Waals surface area contributed by atoms with Crippen molar-refractivity contribution in [3.8, 4) is 0 Å². The summed E-state index contributed by atoms with van der Waals surface area (Å²) in [6, 6.07) is 0. The fourth-order valence-corrected chi connectivity index (χ4v) is 2.46. The van der Waals surface area contributed by atoms with Crippen LogP contribution in [0, 0.1) is 5.41 Å². The van der Waals surface area contributed by atoms with Crippen LogP contribution in [0.5, 0.6) is 0 Å². The van der Waals surface area contributed by atoms with Gasteiger partial charge in [-0.3, -0.25) is 9.59 Å². The van der Waals surface area contributed by atoms with Gasteiger partial charge in [-0.05, 0) is 25.7 Å². The second kappa shape index (κ2) is 7.48. The largest absolute Gasteiger partial charge is 0.355 e. The smallest absolute Gasteiger partial charge is 0.239 e. The van der Waals surface area contributed by atoms with E-state index >= 15 is 0 Å². The van der Waals surface area contributed by atoms with Gasteiger partial charge in [-0.2, -0.15) is 0 Å². The summed E-state index contributed by atoms with van der Waals surface area (Å²) < 4.78 is 0. The van der Waals surface area contributed by atoms with Gasteiger partial charge in [0.15, 0.2) is 0 Å². The summed E-state index contributed by atoms with van der Waals surface area (Å²) >= 11 is 0. The van der Waals surface area contributed by atoms with Crippen molar-refractivity contribution in [1.29, 1.82) is 0 Å². The molecule has 3 N–H and O–H groups in total. The molecular weight excluding hydrogens is 242 g/mol. The maximum Gasteiger partial charge on any atom is 0.239 e. The minimum Gasteiger partial charge on any atom is -0.355 e. The molecule has 0 saturated heterocycles. The van der Waals surface area contributed by atoms with E-state index in [0.717, 1.165) is 32.1 Å². The average molecular weight is 269 g/mol. The van der Waals surface area contributed by atoms with Crippen LogP contribution in [0.1, 0.15) is 46.0 Å². The highest BCUT2D eigenvalue weighted by atomic mass is 16.2. The number of nitrogens with two attached hydrogens (primary N) is 1. The zero-order valence-corrected chi connectivity index (χ0v) is 12.2. The molecule has 0 aromatic carbocycles. The zero-order valence-electron chi connectivity index (χ0n) is 12.2. The van der Waals surface area contributed by atoms with Gasteiger partial charge in [0.2, 0.25) is 11.8 Å². The second-order valence-corrected chi connectivity index (χ2v) is 5.41. The minimum absolute atomic E-state index is 0.0646. The quantitative estimate of drug-likeness (QED) is 0.687. The number of hydrogen-bond donors (Lipinski definition) is 2. The van der Waals surface area contributed by atoms with Crippen molar-refractivity contribution in [2.24, 2.45) is 11.1 Å². The molecule has 5 heteroatoms. The molecule has 0 bridgehead atoms. The van der Waals surface area contributed by atoms with Crippen molar-refractivity contribution < 1.29 is 9.59 Å². The highest BCUT2D eigenvalue weighted by Crippen LogP contribution is 2.41. The Kier molecular flexibility index (Phi) is 6.28. The highest BCUT2D eigenvalue weighted by Gasteiger charge is 2.45. The Labute approximate surface area is 115 Å². The van der Waals surface area contributed by atoms with Crippen LogP contribution in [0.3, 0.4) is 0 Å². The van der Waals surface area contributed by atoms with Gasteiger partial charge < -0.3 is 16.0 Å². The molecular formula is C14H27N3O2. The first-order chi connectivity index (χ1) is 9.09. The Balaban J connectivity index is 2.60. The van der Waals surface area contributed by atoms with Crippen LogP contribution in [0.2, 0.25) is 0 Å². The lowest BCUT2D eigenvalue weighted by Gasteiger charge is -2.42. The SMILES string of the molecule is CCCNC(=O)CN(CCC)C(=O)C1(CN)CCC1. The van der Waals surface area contributed by atoms with Crippen molar-refractivity contribution in [2.45, 2.75) is 46.0 Å². The number of hydrogen-bond acceptors (Lipinski definition) is 3. The van der Waals surface area contributed by atoms with Gasteiger partial charge in [0.1, 0.15) is 0 Å². The Morgan fingerprint density at radius 3 is 2.37 bits per heavy atom. The van der Waals surface area contributed by atoms with Crippen LogP contribution >= 0.6 is 0 Å². The monoisotopic (exact) mass is 269 g/mol. The Morgan fingerprint density at radius 1 is 1.26 bits per heavy atom. The van der Waals surface area contributed by atoms with Crippen LogP contribution in [0.4, 0.5) is 0 Å². The number of rotatable bonds is 8. The van der Waals surface area contributed by atoms with Crippen molar-refractivity contribution >= 4 is 11.8 Å². The molecule has 0 aliphatic heterocycles. The molecule has 1 fully saturated rings. The van der Waals surface area contributed by atoms with Crippen molar-refractivity contribution in [3.05, 3.63) is 0 Å². The second-order valence-electron chi connectivity index (χ2n) is 5.41. The lowest BCUT2D eigenvalue weighted by atomic mass is 9.68. The van der Waals surface area contributed by atoms with Crippen LogP contribution < -0.4 is 11.1 Å². The van der Waals surface area contributed by atoms with E-state index in [1.54, 1.807) is 4.90 Å². The van der Waals surface area contributed by atoms with Crippen molar-refractivity contribution in [2.75, 3.05) is 26.2 Å². The Morgan fingerprint density at radius 2 is 1.95 bits per heavy atom. The summed E-state index contributed by atoms with van der Waals surface area (Å²) in [5.41, 5.74) is 5.38. The molecule has 0 radical (unpaired) electrons. The predicted molar refractivity (Wildman–Crippen MR) is 75.5 cm³/mol. The van der Waals surface area contributed by atoms with E-state index in [-0.39, 0.29) is 23.8 Å². The topological polar surface area (TPSA) is 75.4 Å². The number of nitrogens with one attached hydrogen (secondary N) is 1. The van der Waals surface area contributed by atoms with E-state index in [9.17, 15) is 9.59 Å². The molecule has 1 aliphatic rings. The Hall–Kier alpha value is -1.10. The van der Waals surface area contributed by atoms with E-state index < -0.39 is 0 Å². The summed E-state index contributed by atoms with van der Waals surface area (Å²) in [5.74, 6) is -0.00936. The van der Waals surface area contributed by atoms with Crippen LogP contribution in [-0.2, 0) is 9.59 Å². The molecule has 5 nitrogen and oxygen atoms in total. The molecule has 0 aromatic rings. The summed E-state index contributed by atoms with van der Waals surface area (Å²) in [6.07, 6.45) is 4.54. The first-order valence-electron chi connectivity index (χ1n) is 7.35. The fraction of sp³-hybridized carbons (Fsp3) is 0.857. The third-order valence-electron chi connectivity index (χ3n) is 3.84. The maximum atomic E-state index is 12.5. The van der Waals surface area contributed by atoms with Gasteiger partial charge in [0.25, 0.3) is 0 Å². The van der Waals surface area contributed by atoms with Crippen LogP contribution in [-0.4, -0.2) is 42.9 Å². The summed E-state index contributed by atoms with van der Waals surface area (Å²) in [6.45, 7) is 5.86. The molecule has 0 atom stereocenters. The van der Waals surface area contributed by atoms with Crippen molar-refractivity contribution in [1.82, 2.24) is 10.2 Å². The standard InChI is InChI=1S/C14H27N3O2/c1-3-8-16-12(18)10-17(9-4-2)13(19)14(11-15)6-5-7-14/h3-11,15H2,1-2H3,(H,16,18). The first-order valence-corrected chi connectivity index (χ1v) is 7.35. The number of amides is 2. The molecule has 110 valence electrons. The van der Waals surface area contributed by atoms with Gasteiger partial charge in [0, 0.05) is 19.6 Å². The van der Waals surface area contributed by atoms with E-state index in [1.807, 2.05) is 13.8 Å². The molecule has 2 amide bonds.